The molecule has 1 aliphatic carbocycles. The summed E-state index contributed by atoms with van der Waals surface area (Å²) in [5.41, 5.74) is 0.350. The lowest BCUT2D eigenvalue weighted by molar-refractivity contribution is -0.158. The minimum Gasteiger partial charge on any atom is -0.377 e. The summed E-state index contributed by atoms with van der Waals surface area (Å²) in [5.74, 6) is 1.71. The first-order valence-electron chi connectivity index (χ1n) is 8.71. The van der Waals surface area contributed by atoms with Crippen molar-refractivity contribution < 1.29 is 4.74 Å². The predicted octanol–water partition coefficient (Wildman–Crippen LogP) is 2.51. The average molecular weight is 280 g/mol. The van der Waals surface area contributed by atoms with Gasteiger partial charge in [-0.25, -0.2) is 0 Å². The predicted molar refractivity (Wildman–Crippen MR) is 82.9 cm³/mol. The third-order valence-corrected chi connectivity index (χ3v) is 5.89. The van der Waals surface area contributed by atoms with Crippen molar-refractivity contribution in [1.29, 1.82) is 0 Å². The van der Waals surface area contributed by atoms with Crippen molar-refractivity contribution in [3.63, 3.8) is 0 Å². The largest absolute Gasteiger partial charge is 0.377 e. The van der Waals surface area contributed by atoms with Crippen LogP contribution in [-0.4, -0.2) is 49.8 Å². The molecule has 3 heteroatoms. The molecule has 0 bridgehead atoms. The zero-order chi connectivity index (χ0) is 14.2. The van der Waals surface area contributed by atoms with E-state index in [4.69, 9.17) is 4.74 Å². The molecule has 2 saturated heterocycles. The van der Waals surface area contributed by atoms with Crippen molar-refractivity contribution in [2.75, 3.05) is 32.8 Å². The maximum Gasteiger partial charge on any atom is 0.0685 e. The Morgan fingerprint density at radius 1 is 1.20 bits per heavy atom. The van der Waals surface area contributed by atoms with Crippen molar-refractivity contribution in [2.24, 2.45) is 17.3 Å². The number of ether oxygens (including phenoxy) is 1. The summed E-state index contributed by atoms with van der Waals surface area (Å²) in [4.78, 5) is 2.83. The van der Waals surface area contributed by atoms with E-state index < -0.39 is 0 Å². The molecule has 3 aliphatic rings. The fourth-order valence-electron chi connectivity index (χ4n) is 5.07. The van der Waals surface area contributed by atoms with E-state index in [0.29, 0.717) is 11.5 Å². The Morgan fingerprint density at radius 3 is 2.65 bits per heavy atom. The molecule has 0 radical (unpaired) electrons. The van der Waals surface area contributed by atoms with Gasteiger partial charge in [-0.1, -0.05) is 20.8 Å². The molecule has 2 heterocycles. The SMILES string of the molecule is CCCN(CC1CCNCC1)C1C2CCOC2C1(C)C. The Balaban J connectivity index is 1.66. The van der Waals surface area contributed by atoms with Gasteiger partial charge in [-0.3, -0.25) is 4.90 Å². The van der Waals surface area contributed by atoms with Gasteiger partial charge in [0.1, 0.15) is 0 Å². The molecule has 0 aromatic rings. The number of piperidine rings is 1. The Kier molecular flexibility index (Phi) is 4.40. The second kappa shape index (κ2) is 5.94. The fraction of sp³-hybridized carbons (Fsp3) is 1.00. The highest BCUT2D eigenvalue weighted by molar-refractivity contribution is 5.12. The Hall–Kier alpha value is -0.120. The van der Waals surface area contributed by atoms with Gasteiger partial charge < -0.3 is 10.1 Å². The molecular weight excluding hydrogens is 248 g/mol. The van der Waals surface area contributed by atoms with Gasteiger partial charge in [0.2, 0.25) is 0 Å². The van der Waals surface area contributed by atoms with E-state index in [2.05, 4.69) is 31.0 Å². The van der Waals surface area contributed by atoms with Crippen LogP contribution in [0.3, 0.4) is 0 Å². The van der Waals surface area contributed by atoms with E-state index >= 15 is 0 Å². The number of rotatable bonds is 5. The Morgan fingerprint density at radius 2 is 1.95 bits per heavy atom. The molecule has 0 aromatic carbocycles. The van der Waals surface area contributed by atoms with Gasteiger partial charge in [0.15, 0.2) is 0 Å². The number of nitrogens with zero attached hydrogens (tertiary/aromatic N) is 1. The first-order chi connectivity index (χ1) is 9.64. The van der Waals surface area contributed by atoms with Gasteiger partial charge in [0, 0.05) is 30.5 Å². The molecule has 3 fully saturated rings. The third kappa shape index (κ3) is 2.53. The van der Waals surface area contributed by atoms with Crippen molar-refractivity contribution in [3.8, 4) is 0 Å². The lowest BCUT2D eigenvalue weighted by Gasteiger charge is -2.59. The number of nitrogens with one attached hydrogen (secondary N) is 1. The average Bonchev–Trinajstić information content (AvgIpc) is 2.86. The van der Waals surface area contributed by atoms with Crippen molar-refractivity contribution in [3.05, 3.63) is 0 Å². The molecule has 116 valence electrons. The zero-order valence-electron chi connectivity index (χ0n) is 13.5. The van der Waals surface area contributed by atoms with Gasteiger partial charge >= 0.3 is 0 Å². The standard InChI is InChI=1S/C17H32N2O/c1-4-10-19(12-13-5-8-18-9-6-13)15-14-7-11-20-16(14)17(15,2)3/h13-16,18H,4-12H2,1-3H3. The summed E-state index contributed by atoms with van der Waals surface area (Å²) in [6.07, 6.45) is 5.80. The van der Waals surface area contributed by atoms with Gasteiger partial charge in [-0.2, -0.15) is 0 Å². The molecule has 2 aliphatic heterocycles. The van der Waals surface area contributed by atoms with E-state index in [1.165, 1.54) is 51.9 Å². The summed E-state index contributed by atoms with van der Waals surface area (Å²) < 4.78 is 5.98. The topological polar surface area (TPSA) is 24.5 Å². The summed E-state index contributed by atoms with van der Waals surface area (Å²) in [7, 11) is 0. The second-order valence-electron chi connectivity index (χ2n) is 7.70. The molecule has 20 heavy (non-hydrogen) atoms. The molecule has 3 unspecified atom stereocenters. The van der Waals surface area contributed by atoms with Crippen LogP contribution in [-0.2, 0) is 4.74 Å². The van der Waals surface area contributed by atoms with Gasteiger partial charge in [-0.05, 0) is 51.2 Å². The van der Waals surface area contributed by atoms with Crippen molar-refractivity contribution in [1.82, 2.24) is 10.2 Å². The lowest BCUT2D eigenvalue weighted by Crippen LogP contribution is -2.67. The van der Waals surface area contributed by atoms with Crippen LogP contribution in [0.4, 0.5) is 0 Å². The summed E-state index contributed by atoms with van der Waals surface area (Å²) >= 11 is 0. The molecule has 3 nitrogen and oxygen atoms in total. The molecule has 0 aromatic heterocycles. The lowest BCUT2D eigenvalue weighted by atomic mass is 9.56. The van der Waals surface area contributed by atoms with E-state index in [0.717, 1.165) is 24.5 Å². The van der Waals surface area contributed by atoms with E-state index in [9.17, 15) is 0 Å². The highest BCUT2D eigenvalue weighted by Crippen LogP contribution is 2.54. The van der Waals surface area contributed by atoms with Crippen molar-refractivity contribution in [2.45, 2.75) is 58.6 Å². The van der Waals surface area contributed by atoms with Gasteiger partial charge in [0.05, 0.1) is 6.10 Å². The molecule has 1 N–H and O–H groups in total. The summed E-state index contributed by atoms with van der Waals surface area (Å²) in [6.45, 7) is 13.2. The number of fused-ring (bicyclic) bond motifs is 1. The van der Waals surface area contributed by atoms with Gasteiger partial charge in [0.25, 0.3) is 0 Å². The van der Waals surface area contributed by atoms with Crippen LogP contribution in [0.15, 0.2) is 0 Å². The molecule has 0 amide bonds. The molecule has 3 atom stereocenters. The number of hydrogen-bond acceptors (Lipinski definition) is 3. The van der Waals surface area contributed by atoms with E-state index in [-0.39, 0.29) is 0 Å². The fourth-order valence-corrected chi connectivity index (χ4v) is 5.07. The molecule has 0 spiro atoms. The van der Waals surface area contributed by atoms with Crippen LogP contribution in [0.5, 0.6) is 0 Å². The van der Waals surface area contributed by atoms with E-state index in [1.807, 2.05) is 0 Å². The number of hydrogen-bond donors (Lipinski definition) is 1. The zero-order valence-corrected chi connectivity index (χ0v) is 13.5. The Labute approximate surface area is 124 Å². The highest BCUT2D eigenvalue weighted by atomic mass is 16.5. The molecule has 1 saturated carbocycles. The van der Waals surface area contributed by atoms with Crippen molar-refractivity contribution >= 4 is 0 Å². The van der Waals surface area contributed by atoms with Crippen LogP contribution < -0.4 is 5.32 Å². The summed E-state index contributed by atoms with van der Waals surface area (Å²) in [5, 5.41) is 3.49. The first kappa shape index (κ1) is 14.8. The maximum absolute atomic E-state index is 5.98. The molecule has 3 rings (SSSR count). The monoisotopic (exact) mass is 280 g/mol. The van der Waals surface area contributed by atoms with Crippen LogP contribution >= 0.6 is 0 Å². The molecular formula is C17H32N2O. The highest BCUT2D eigenvalue weighted by Gasteiger charge is 2.60. The second-order valence-corrected chi connectivity index (χ2v) is 7.70. The van der Waals surface area contributed by atoms with Crippen LogP contribution in [0, 0.1) is 17.3 Å². The third-order valence-electron chi connectivity index (χ3n) is 5.89. The Bertz CT molecular complexity index is 325. The van der Waals surface area contributed by atoms with Crippen LogP contribution in [0.25, 0.3) is 0 Å². The maximum atomic E-state index is 5.98. The first-order valence-corrected chi connectivity index (χ1v) is 8.71. The van der Waals surface area contributed by atoms with E-state index in [1.54, 1.807) is 0 Å². The van der Waals surface area contributed by atoms with Gasteiger partial charge in [-0.15, -0.1) is 0 Å². The minimum absolute atomic E-state index is 0.350. The van der Waals surface area contributed by atoms with Crippen LogP contribution in [0.2, 0.25) is 0 Å². The quantitative estimate of drug-likeness (QED) is 0.837. The normalized spacial score (nSPS) is 36.9. The smallest absolute Gasteiger partial charge is 0.0685 e. The minimum atomic E-state index is 0.350. The summed E-state index contributed by atoms with van der Waals surface area (Å²) in [6, 6.07) is 0.754. The van der Waals surface area contributed by atoms with Crippen LogP contribution in [0.1, 0.15) is 46.5 Å².